The number of benzene rings is 2. The Morgan fingerprint density at radius 1 is 1.14 bits per heavy atom. The van der Waals surface area contributed by atoms with Gasteiger partial charge in [0.2, 0.25) is 5.69 Å². The molecule has 1 atom stereocenters. The Labute approximate surface area is 163 Å². The number of nitrogens with zero attached hydrogens (tertiary/aromatic N) is 4. The van der Waals surface area contributed by atoms with Gasteiger partial charge in [0.05, 0.1) is 12.3 Å². The predicted molar refractivity (Wildman–Crippen MR) is 106 cm³/mol. The first-order valence-corrected chi connectivity index (χ1v) is 9.39. The lowest BCUT2D eigenvalue weighted by Crippen LogP contribution is -2.22. The number of carbonyl (C=O) groups is 1. The summed E-state index contributed by atoms with van der Waals surface area (Å²) in [5, 5.41) is 18.3. The molecular weight excluding hydrogens is 356 g/mol. The molecule has 0 radical (unpaired) electrons. The molecule has 144 valence electrons. The summed E-state index contributed by atoms with van der Waals surface area (Å²) in [5.74, 6) is 0.455. The number of ether oxygens (including phenoxy) is 1. The monoisotopic (exact) mass is 378 g/mol. The molecule has 7 nitrogen and oxygen atoms in total. The van der Waals surface area contributed by atoms with Crippen molar-refractivity contribution >= 4 is 11.8 Å². The molecule has 0 amide bonds. The fourth-order valence-corrected chi connectivity index (χ4v) is 3.56. The molecule has 1 N–H and O–H groups in total. The van der Waals surface area contributed by atoms with E-state index in [1.807, 2.05) is 54.3 Å². The van der Waals surface area contributed by atoms with E-state index >= 15 is 0 Å². The van der Waals surface area contributed by atoms with Crippen LogP contribution in [-0.4, -0.2) is 45.8 Å². The third-order valence-electron chi connectivity index (χ3n) is 4.94. The number of carboxylic acids is 1. The van der Waals surface area contributed by atoms with E-state index in [1.54, 1.807) is 0 Å². The van der Waals surface area contributed by atoms with Gasteiger partial charge in [-0.3, -0.25) is 0 Å². The summed E-state index contributed by atoms with van der Waals surface area (Å²) in [6, 6.07) is 17.6. The van der Waals surface area contributed by atoms with E-state index in [-0.39, 0.29) is 5.69 Å². The highest BCUT2D eigenvalue weighted by Crippen LogP contribution is 2.31. The van der Waals surface area contributed by atoms with Crippen LogP contribution in [0.1, 0.15) is 35.3 Å². The number of rotatable bonds is 6. The predicted octanol–water partition coefficient (Wildman–Crippen LogP) is 3.36. The van der Waals surface area contributed by atoms with Crippen molar-refractivity contribution < 1.29 is 14.6 Å². The van der Waals surface area contributed by atoms with Gasteiger partial charge in [-0.15, -0.1) is 15.0 Å². The fourth-order valence-electron chi connectivity index (χ4n) is 3.56. The molecule has 0 saturated carbocycles. The van der Waals surface area contributed by atoms with E-state index in [0.29, 0.717) is 24.0 Å². The summed E-state index contributed by atoms with van der Waals surface area (Å²) in [6.45, 7) is 3.99. The minimum Gasteiger partial charge on any atom is -0.494 e. The molecule has 0 aliphatic carbocycles. The second kappa shape index (κ2) is 7.72. The number of hydrogen-bond donors (Lipinski definition) is 1. The van der Waals surface area contributed by atoms with Crippen molar-refractivity contribution in [3.8, 4) is 11.4 Å². The van der Waals surface area contributed by atoms with Crippen LogP contribution in [0.2, 0.25) is 0 Å². The van der Waals surface area contributed by atoms with Gasteiger partial charge in [0.25, 0.3) is 0 Å². The summed E-state index contributed by atoms with van der Waals surface area (Å²) in [4.78, 5) is 15.1. The maximum absolute atomic E-state index is 11.8. The standard InChI is InChI=1S/C21H22N4O3/c1-2-28-18-10-8-17(9-11-18)25-22-19(21(26)27)20(23-25)24-13-12-16(14-24)15-6-4-3-5-7-15/h3-11,16H,2,12-14H2,1H3,(H,26,27). The number of hydrogen-bond acceptors (Lipinski definition) is 5. The quantitative estimate of drug-likeness (QED) is 0.708. The number of aromatic nitrogens is 3. The van der Waals surface area contributed by atoms with E-state index in [4.69, 9.17) is 4.74 Å². The van der Waals surface area contributed by atoms with E-state index < -0.39 is 5.97 Å². The van der Waals surface area contributed by atoms with Crippen molar-refractivity contribution in [2.75, 3.05) is 24.6 Å². The fraction of sp³-hybridized carbons (Fsp3) is 0.286. The molecule has 0 bridgehead atoms. The Morgan fingerprint density at radius 3 is 2.57 bits per heavy atom. The molecule has 1 aliphatic rings. The molecule has 28 heavy (non-hydrogen) atoms. The lowest BCUT2D eigenvalue weighted by atomic mass is 9.99. The second-order valence-electron chi connectivity index (χ2n) is 6.74. The van der Waals surface area contributed by atoms with Gasteiger partial charge in [0.1, 0.15) is 5.75 Å². The zero-order valence-electron chi connectivity index (χ0n) is 15.7. The number of aromatic carboxylic acids is 1. The molecule has 2 heterocycles. The van der Waals surface area contributed by atoms with Crippen LogP contribution < -0.4 is 9.64 Å². The minimum absolute atomic E-state index is 0.0254. The average Bonchev–Trinajstić information content (AvgIpc) is 3.37. The zero-order chi connectivity index (χ0) is 19.5. The molecule has 4 rings (SSSR count). The third kappa shape index (κ3) is 3.55. The van der Waals surface area contributed by atoms with Crippen molar-refractivity contribution in [1.82, 2.24) is 15.0 Å². The zero-order valence-corrected chi connectivity index (χ0v) is 15.7. The summed E-state index contributed by atoms with van der Waals surface area (Å²) < 4.78 is 5.45. The van der Waals surface area contributed by atoms with Crippen molar-refractivity contribution in [3.63, 3.8) is 0 Å². The van der Waals surface area contributed by atoms with Crippen molar-refractivity contribution in [2.45, 2.75) is 19.3 Å². The van der Waals surface area contributed by atoms with E-state index in [0.717, 1.165) is 25.3 Å². The smallest absolute Gasteiger partial charge is 0.360 e. The van der Waals surface area contributed by atoms with Crippen molar-refractivity contribution in [2.24, 2.45) is 0 Å². The molecule has 2 aromatic carbocycles. The molecule has 1 aromatic heterocycles. The van der Waals surface area contributed by atoms with Crippen LogP contribution in [0.15, 0.2) is 54.6 Å². The SMILES string of the molecule is CCOc1ccc(-n2nc(C(=O)O)c(N3CCC(c4ccccc4)C3)n2)cc1. The topological polar surface area (TPSA) is 80.5 Å². The number of carboxylic acid groups (broad SMARTS) is 1. The highest BCUT2D eigenvalue weighted by Gasteiger charge is 2.30. The molecule has 7 heteroatoms. The van der Waals surface area contributed by atoms with Crippen LogP contribution in [0, 0.1) is 0 Å². The maximum atomic E-state index is 11.8. The molecule has 0 spiro atoms. The summed E-state index contributed by atoms with van der Waals surface area (Å²) in [7, 11) is 0. The van der Waals surface area contributed by atoms with Crippen molar-refractivity contribution in [3.05, 3.63) is 65.9 Å². The first kappa shape index (κ1) is 18.0. The molecule has 1 saturated heterocycles. The third-order valence-corrected chi connectivity index (χ3v) is 4.94. The molecule has 1 unspecified atom stereocenters. The van der Waals surface area contributed by atoms with Gasteiger partial charge in [-0.2, -0.15) is 0 Å². The number of anilines is 1. The highest BCUT2D eigenvalue weighted by atomic mass is 16.5. The molecule has 1 aliphatic heterocycles. The van der Waals surface area contributed by atoms with Gasteiger partial charge in [-0.1, -0.05) is 30.3 Å². The van der Waals surface area contributed by atoms with Crippen LogP contribution in [0.4, 0.5) is 5.82 Å². The largest absolute Gasteiger partial charge is 0.494 e. The summed E-state index contributed by atoms with van der Waals surface area (Å²) in [5.41, 5.74) is 1.93. The Kier molecular flexibility index (Phi) is 4.97. The van der Waals surface area contributed by atoms with Crippen LogP contribution in [-0.2, 0) is 0 Å². The maximum Gasteiger partial charge on any atom is 0.360 e. The van der Waals surface area contributed by atoms with E-state index in [9.17, 15) is 9.90 Å². The van der Waals surface area contributed by atoms with Crippen LogP contribution >= 0.6 is 0 Å². The van der Waals surface area contributed by atoms with E-state index in [2.05, 4.69) is 22.3 Å². The van der Waals surface area contributed by atoms with Gasteiger partial charge in [0.15, 0.2) is 5.82 Å². The van der Waals surface area contributed by atoms with Gasteiger partial charge in [0, 0.05) is 19.0 Å². The van der Waals surface area contributed by atoms with Gasteiger partial charge in [-0.25, -0.2) is 4.79 Å². The Morgan fingerprint density at radius 2 is 1.89 bits per heavy atom. The first-order chi connectivity index (χ1) is 13.7. The lowest BCUT2D eigenvalue weighted by Gasteiger charge is -2.16. The van der Waals surface area contributed by atoms with Crippen LogP contribution in [0.3, 0.4) is 0 Å². The second-order valence-corrected chi connectivity index (χ2v) is 6.74. The molecule has 1 fully saturated rings. The van der Waals surface area contributed by atoms with Gasteiger partial charge < -0.3 is 14.7 Å². The van der Waals surface area contributed by atoms with Crippen LogP contribution in [0.5, 0.6) is 5.75 Å². The highest BCUT2D eigenvalue weighted by molar-refractivity contribution is 5.91. The van der Waals surface area contributed by atoms with Gasteiger partial charge >= 0.3 is 5.97 Å². The summed E-state index contributed by atoms with van der Waals surface area (Å²) in [6.07, 6.45) is 0.957. The van der Waals surface area contributed by atoms with E-state index in [1.165, 1.54) is 10.4 Å². The normalized spacial score (nSPS) is 16.3. The Balaban J connectivity index is 1.60. The first-order valence-electron chi connectivity index (χ1n) is 9.39. The summed E-state index contributed by atoms with van der Waals surface area (Å²) >= 11 is 0. The van der Waals surface area contributed by atoms with Gasteiger partial charge in [-0.05, 0) is 43.2 Å². The average molecular weight is 378 g/mol. The lowest BCUT2D eigenvalue weighted by molar-refractivity contribution is 0.0690. The van der Waals surface area contributed by atoms with Crippen molar-refractivity contribution in [1.29, 1.82) is 0 Å². The molecule has 3 aromatic rings. The molecular formula is C21H22N4O3. The Hall–Kier alpha value is -3.35. The van der Waals surface area contributed by atoms with Crippen LogP contribution in [0.25, 0.3) is 5.69 Å². The minimum atomic E-state index is -1.07. The Bertz CT molecular complexity index is 954.